The molecule has 0 amide bonds. The van der Waals surface area contributed by atoms with Gasteiger partial charge in [-0.1, -0.05) is 18.7 Å². The van der Waals surface area contributed by atoms with Crippen LogP contribution >= 0.6 is 11.8 Å². The number of methoxy groups -OCH3 is 3. The summed E-state index contributed by atoms with van der Waals surface area (Å²) in [5.74, 6) is 2.52. The number of hydrogen-bond donors (Lipinski definition) is 0. The molecule has 0 saturated heterocycles. The summed E-state index contributed by atoms with van der Waals surface area (Å²) in [5, 5.41) is 13.4. The first-order valence-electron chi connectivity index (χ1n) is 7.01. The van der Waals surface area contributed by atoms with E-state index in [9.17, 15) is 0 Å². The Morgan fingerprint density at radius 3 is 2.26 bits per heavy atom. The molecule has 0 radical (unpaired) electrons. The number of aromatic nitrogens is 3. The van der Waals surface area contributed by atoms with Crippen molar-refractivity contribution >= 4 is 18.0 Å². The maximum atomic E-state index is 5.34. The van der Waals surface area contributed by atoms with Crippen molar-refractivity contribution in [2.75, 3.05) is 27.6 Å². The van der Waals surface area contributed by atoms with Crippen LogP contribution in [0.2, 0.25) is 0 Å². The summed E-state index contributed by atoms with van der Waals surface area (Å²) in [7, 11) is 4.74. The first kappa shape index (κ1) is 17.1. The molecule has 0 spiro atoms. The van der Waals surface area contributed by atoms with Gasteiger partial charge in [-0.3, -0.25) is 0 Å². The highest BCUT2D eigenvalue weighted by Crippen LogP contribution is 2.37. The summed E-state index contributed by atoms with van der Waals surface area (Å²) in [6, 6.07) is 3.67. The monoisotopic (exact) mass is 336 g/mol. The second-order valence-electron chi connectivity index (χ2n) is 4.47. The van der Waals surface area contributed by atoms with Crippen molar-refractivity contribution in [1.82, 2.24) is 14.9 Å². The number of benzene rings is 1. The van der Waals surface area contributed by atoms with Gasteiger partial charge in [-0.2, -0.15) is 9.78 Å². The minimum atomic E-state index is 0.551. The third kappa shape index (κ3) is 3.58. The largest absolute Gasteiger partial charge is 0.493 e. The van der Waals surface area contributed by atoms with E-state index in [0.717, 1.165) is 23.0 Å². The van der Waals surface area contributed by atoms with Crippen molar-refractivity contribution < 1.29 is 14.2 Å². The Bertz CT molecular complexity index is 654. The second kappa shape index (κ2) is 7.87. The van der Waals surface area contributed by atoms with E-state index in [4.69, 9.17) is 14.2 Å². The molecule has 1 aromatic heterocycles. The number of nitrogens with zero attached hydrogens (tertiary/aromatic N) is 4. The van der Waals surface area contributed by atoms with Crippen LogP contribution in [0.4, 0.5) is 0 Å². The van der Waals surface area contributed by atoms with Gasteiger partial charge in [0.05, 0.1) is 27.5 Å². The van der Waals surface area contributed by atoms with E-state index in [0.29, 0.717) is 17.2 Å². The van der Waals surface area contributed by atoms with Crippen molar-refractivity contribution in [3.63, 3.8) is 0 Å². The smallest absolute Gasteiger partial charge is 0.211 e. The maximum absolute atomic E-state index is 5.34. The molecule has 7 nitrogen and oxygen atoms in total. The van der Waals surface area contributed by atoms with Gasteiger partial charge in [0.15, 0.2) is 17.3 Å². The van der Waals surface area contributed by atoms with Crippen LogP contribution in [0.3, 0.4) is 0 Å². The van der Waals surface area contributed by atoms with Crippen LogP contribution in [0.1, 0.15) is 18.3 Å². The standard InChI is InChI=1S/C15H20N4O3S/c1-6-13-17-18-15(23-5)19(13)16-9-10-7-11(20-2)14(22-4)12(8-10)21-3/h7-9H,6H2,1-5H3/b16-9-. The third-order valence-corrected chi connectivity index (χ3v) is 3.80. The van der Waals surface area contributed by atoms with Crippen LogP contribution in [0.15, 0.2) is 22.4 Å². The summed E-state index contributed by atoms with van der Waals surface area (Å²) >= 11 is 1.49. The molecule has 0 N–H and O–H groups in total. The quantitative estimate of drug-likeness (QED) is 0.571. The molecule has 2 aromatic rings. The Morgan fingerprint density at radius 2 is 1.78 bits per heavy atom. The number of rotatable bonds is 7. The molecule has 1 heterocycles. The third-order valence-electron chi connectivity index (χ3n) is 3.18. The molecule has 2 rings (SSSR count). The lowest BCUT2D eigenvalue weighted by Gasteiger charge is -2.12. The van der Waals surface area contributed by atoms with E-state index in [2.05, 4.69) is 15.3 Å². The van der Waals surface area contributed by atoms with Crippen molar-refractivity contribution in [2.24, 2.45) is 5.10 Å². The van der Waals surface area contributed by atoms with Gasteiger partial charge in [-0.15, -0.1) is 10.2 Å². The minimum Gasteiger partial charge on any atom is -0.493 e. The summed E-state index contributed by atoms with van der Waals surface area (Å²) in [6.45, 7) is 2.01. The highest BCUT2D eigenvalue weighted by molar-refractivity contribution is 7.98. The molecule has 23 heavy (non-hydrogen) atoms. The fraction of sp³-hybridized carbons (Fsp3) is 0.400. The lowest BCUT2D eigenvalue weighted by molar-refractivity contribution is 0.324. The summed E-state index contributed by atoms with van der Waals surface area (Å²) in [6.07, 6.45) is 4.40. The lowest BCUT2D eigenvalue weighted by Crippen LogP contribution is -2.00. The summed E-state index contributed by atoms with van der Waals surface area (Å²) in [4.78, 5) is 0. The number of hydrogen-bond acceptors (Lipinski definition) is 7. The molecule has 0 bridgehead atoms. The molecule has 0 fully saturated rings. The van der Waals surface area contributed by atoms with E-state index in [1.165, 1.54) is 11.8 Å². The van der Waals surface area contributed by atoms with Gasteiger partial charge < -0.3 is 14.2 Å². The van der Waals surface area contributed by atoms with Crippen LogP contribution in [0, 0.1) is 0 Å². The Hall–Kier alpha value is -2.22. The zero-order chi connectivity index (χ0) is 16.8. The van der Waals surface area contributed by atoms with Crippen LogP contribution in [0.25, 0.3) is 0 Å². The van der Waals surface area contributed by atoms with E-state index in [1.807, 2.05) is 25.3 Å². The Kier molecular flexibility index (Phi) is 5.86. The average Bonchev–Trinajstić information content (AvgIpc) is 3.00. The second-order valence-corrected chi connectivity index (χ2v) is 5.24. The molecular weight excluding hydrogens is 316 g/mol. The first-order chi connectivity index (χ1) is 11.2. The van der Waals surface area contributed by atoms with E-state index < -0.39 is 0 Å². The molecule has 0 unspecified atom stereocenters. The Morgan fingerprint density at radius 1 is 1.13 bits per heavy atom. The SMILES string of the molecule is CCc1nnc(SC)n1/N=C\c1cc(OC)c(OC)c(OC)c1. The Balaban J connectivity index is 2.42. The zero-order valence-electron chi connectivity index (χ0n) is 13.9. The van der Waals surface area contributed by atoms with Crippen molar-refractivity contribution in [2.45, 2.75) is 18.5 Å². The Labute approximate surface area is 139 Å². The number of aryl methyl sites for hydroxylation is 1. The summed E-state index contributed by atoms with van der Waals surface area (Å²) in [5.41, 5.74) is 0.822. The number of ether oxygens (including phenoxy) is 3. The number of thioether (sulfide) groups is 1. The van der Waals surface area contributed by atoms with Crippen LogP contribution in [0.5, 0.6) is 17.2 Å². The predicted molar refractivity (Wildman–Crippen MR) is 90.3 cm³/mol. The normalized spacial score (nSPS) is 11.0. The topological polar surface area (TPSA) is 70.8 Å². The van der Waals surface area contributed by atoms with Gasteiger partial charge in [0.25, 0.3) is 0 Å². The fourth-order valence-electron chi connectivity index (χ4n) is 2.06. The van der Waals surface area contributed by atoms with Gasteiger partial charge in [0.2, 0.25) is 10.9 Å². The molecule has 1 aromatic carbocycles. The van der Waals surface area contributed by atoms with Crippen molar-refractivity contribution in [3.05, 3.63) is 23.5 Å². The minimum absolute atomic E-state index is 0.551. The highest BCUT2D eigenvalue weighted by atomic mass is 32.2. The van der Waals surface area contributed by atoms with Crippen molar-refractivity contribution in [3.8, 4) is 17.2 Å². The predicted octanol–water partition coefficient (Wildman–Crippen LogP) is 2.47. The fourth-order valence-corrected chi connectivity index (χ4v) is 2.51. The zero-order valence-corrected chi connectivity index (χ0v) is 14.7. The van der Waals surface area contributed by atoms with E-state index in [-0.39, 0.29) is 0 Å². The van der Waals surface area contributed by atoms with Gasteiger partial charge in [-0.25, -0.2) is 0 Å². The molecule has 0 aliphatic rings. The molecule has 0 saturated carbocycles. The molecule has 0 atom stereocenters. The van der Waals surface area contributed by atoms with Gasteiger partial charge in [0, 0.05) is 12.0 Å². The lowest BCUT2D eigenvalue weighted by atomic mass is 10.2. The van der Waals surface area contributed by atoms with Gasteiger partial charge in [-0.05, 0) is 18.4 Å². The molecule has 0 aliphatic carbocycles. The highest BCUT2D eigenvalue weighted by Gasteiger charge is 2.13. The summed E-state index contributed by atoms with van der Waals surface area (Å²) < 4.78 is 17.7. The first-order valence-corrected chi connectivity index (χ1v) is 8.23. The van der Waals surface area contributed by atoms with E-state index >= 15 is 0 Å². The van der Waals surface area contributed by atoms with Crippen LogP contribution in [-0.4, -0.2) is 48.7 Å². The molecule has 0 aliphatic heterocycles. The molecule has 8 heteroatoms. The molecular formula is C15H20N4O3S. The van der Waals surface area contributed by atoms with Gasteiger partial charge in [0.1, 0.15) is 0 Å². The van der Waals surface area contributed by atoms with Crippen molar-refractivity contribution in [1.29, 1.82) is 0 Å². The van der Waals surface area contributed by atoms with Crippen LogP contribution in [-0.2, 0) is 6.42 Å². The van der Waals surface area contributed by atoms with Gasteiger partial charge >= 0.3 is 0 Å². The maximum Gasteiger partial charge on any atom is 0.211 e. The van der Waals surface area contributed by atoms with Crippen LogP contribution < -0.4 is 14.2 Å². The van der Waals surface area contributed by atoms with E-state index in [1.54, 1.807) is 32.2 Å². The molecule has 124 valence electrons. The average molecular weight is 336 g/mol.